The number of benzene rings is 3. The van der Waals surface area contributed by atoms with Gasteiger partial charge in [-0.25, -0.2) is 13.4 Å². The largest absolute Gasteiger partial charge is 0.495 e. The lowest BCUT2D eigenvalue weighted by Gasteiger charge is -2.17. The molecule has 0 spiro atoms. The summed E-state index contributed by atoms with van der Waals surface area (Å²) in [7, 11) is -1.92. The minimum Gasteiger partial charge on any atom is -0.495 e. The van der Waals surface area contributed by atoms with Crippen molar-refractivity contribution in [3.8, 4) is 16.9 Å². The summed E-state index contributed by atoms with van der Waals surface area (Å²) in [5.41, 5.74) is 5.47. The van der Waals surface area contributed by atoms with Gasteiger partial charge in [0.1, 0.15) is 10.8 Å². The van der Waals surface area contributed by atoms with Crippen molar-refractivity contribution < 1.29 is 13.2 Å². The van der Waals surface area contributed by atoms with E-state index in [9.17, 15) is 8.42 Å². The monoisotopic (exact) mass is 536 g/mol. The topological polar surface area (TPSA) is 93.2 Å². The Hall–Kier alpha value is -3.62. The highest BCUT2D eigenvalue weighted by molar-refractivity contribution is 7.92. The SMILES string of the molecule is COc1cc(-c2ccc(C)cc2)c(C)cc1Nc1ncc(Cl)c(Nc2ccccc2S(=O)(=O)C(C)C)n1. The van der Waals surface area contributed by atoms with E-state index in [1.807, 2.05) is 19.1 Å². The van der Waals surface area contributed by atoms with Gasteiger partial charge in [-0.05, 0) is 68.7 Å². The van der Waals surface area contributed by atoms with Crippen molar-refractivity contribution in [3.63, 3.8) is 0 Å². The van der Waals surface area contributed by atoms with E-state index >= 15 is 0 Å². The van der Waals surface area contributed by atoms with Crippen LogP contribution in [-0.4, -0.2) is 30.7 Å². The zero-order chi connectivity index (χ0) is 26.7. The first-order valence-electron chi connectivity index (χ1n) is 11.8. The second-order valence-corrected chi connectivity index (χ2v) is 11.8. The number of ether oxygens (including phenoxy) is 1. The van der Waals surface area contributed by atoms with Gasteiger partial charge < -0.3 is 15.4 Å². The van der Waals surface area contributed by atoms with Crippen molar-refractivity contribution in [1.82, 2.24) is 9.97 Å². The van der Waals surface area contributed by atoms with Gasteiger partial charge in [0.15, 0.2) is 15.7 Å². The highest BCUT2D eigenvalue weighted by Gasteiger charge is 2.23. The molecule has 192 valence electrons. The molecule has 1 aromatic heterocycles. The maximum Gasteiger partial charge on any atom is 0.229 e. The lowest BCUT2D eigenvalue weighted by atomic mass is 9.98. The van der Waals surface area contributed by atoms with Gasteiger partial charge in [-0.1, -0.05) is 53.6 Å². The normalized spacial score (nSPS) is 11.4. The number of aromatic nitrogens is 2. The van der Waals surface area contributed by atoms with Crippen LogP contribution in [0.1, 0.15) is 25.0 Å². The molecular formula is C28H29ClN4O3S. The first kappa shape index (κ1) is 26.4. The van der Waals surface area contributed by atoms with Crippen LogP contribution in [0.15, 0.2) is 71.8 Å². The molecule has 0 unspecified atom stereocenters. The minimum absolute atomic E-state index is 0.179. The Morgan fingerprint density at radius 3 is 2.32 bits per heavy atom. The van der Waals surface area contributed by atoms with E-state index < -0.39 is 15.1 Å². The van der Waals surface area contributed by atoms with Crippen molar-refractivity contribution in [2.45, 2.75) is 37.8 Å². The van der Waals surface area contributed by atoms with Crippen molar-refractivity contribution in [1.29, 1.82) is 0 Å². The smallest absolute Gasteiger partial charge is 0.229 e. The molecule has 0 amide bonds. The number of para-hydroxylation sites is 1. The van der Waals surface area contributed by atoms with Gasteiger partial charge in [-0.2, -0.15) is 4.98 Å². The standard InChI is InChI=1S/C28H29ClN4O3S/c1-17(2)37(34,35)26-9-7-6-8-23(26)31-27-22(29)16-30-28(33-27)32-24-14-19(4)21(15-25(24)36-5)20-12-10-18(3)11-13-20/h6-17H,1-5H3,(H2,30,31,32,33). The van der Waals surface area contributed by atoms with Gasteiger partial charge in [0.2, 0.25) is 5.95 Å². The van der Waals surface area contributed by atoms with E-state index in [0.717, 1.165) is 16.7 Å². The molecule has 37 heavy (non-hydrogen) atoms. The molecule has 0 saturated carbocycles. The molecule has 3 aromatic carbocycles. The lowest BCUT2D eigenvalue weighted by Crippen LogP contribution is -2.15. The highest BCUT2D eigenvalue weighted by Crippen LogP contribution is 2.36. The average Bonchev–Trinajstić information content (AvgIpc) is 2.87. The van der Waals surface area contributed by atoms with Crippen molar-refractivity contribution in [2.75, 3.05) is 17.7 Å². The van der Waals surface area contributed by atoms with E-state index in [2.05, 4.69) is 51.8 Å². The lowest BCUT2D eigenvalue weighted by molar-refractivity contribution is 0.417. The molecule has 0 atom stereocenters. The third kappa shape index (κ3) is 5.70. The van der Waals surface area contributed by atoms with Crippen molar-refractivity contribution in [2.24, 2.45) is 0 Å². The average molecular weight is 537 g/mol. The number of aryl methyl sites for hydroxylation is 2. The Balaban J connectivity index is 1.66. The molecule has 0 aliphatic heterocycles. The second-order valence-electron chi connectivity index (χ2n) is 8.96. The van der Waals surface area contributed by atoms with Crippen molar-refractivity contribution >= 4 is 44.6 Å². The van der Waals surface area contributed by atoms with E-state index in [1.54, 1.807) is 45.2 Å². The quantitative estimate of drug-likeness (QED) is 0.248. The van der Waals surface area contributed by atoms with Crippen LogP contribution in [-0.2, 0) is 9.84 Å². The zero-order valence-electron chi connectivity index (χ0n) is 21.3. The van der Waals surface area contributed by atoms with Gasteiger partial charge >= 0.3 is 0 Å². The molecule has 9 heteroatoms. The molecule has 0 aliphatic carbocycles. The summed E-state index contributed by atoms with van der Waals surface area (Å²) in [5, 5.41) is 5.95. The van der Waals surface area contributed by atoms with Crippen molar-refractivity contribution in [3.05, 3.63) is 83.0 Å². The molecular weight excluding hydrogens is 508 g/mol. The minimum atomic E-state index is -3.52. The second kappa shape index (κ2) is 10.8. The molecule has 4 aromatic rings. The van der Waals surface area contributed by atoms with Crippen LogP contribution < -0.4 is 15.4 Å². The Morgan fingerprint density at radius 2 is 1.65 bits per heavy atom. The third-order valence-electron chi connectivity index (χ3n) is 5.97. The van der Waals surface area contributed by atoms with E-state index in [1.165, 1.54) is 11.8 Å². The van der Waals surface area contributed by atoms with Crippen LogP contribution in [0.25, 0.3) is 11.1 Å². The molecule has 0 radical (unpaired) electrons. The fourth-order valence-corrected chi connectivity index (χ4v) is 5.17. The number of sulfone groups is 1. The molecule has 0 saturated heterocycles. The predicted octanol–water partition coefficient (Wildman–Crippen LogP) is 7.09. The number of rotatable bonds is 8. The van der Waals surface area contributed by atoms with Crippen LogP contribution in [0.5, 0.6) is 5.75 Å². The summed E-state index contributed by atoms with van der Waals surface area (Å²) in [6, 6.07) is 19.0. The van der Waals surface area contributed by atoms with Crippen LogP contribution in [0, 0.1) is 13.8 Å². The number of anilines is 4. The molecule has 4 rings (SSSR count). The number of methoxy groups -OCH3 is 1. The van der Waals surface area contributed by atoms with Crippen LogP contribution in [0.2, 0.25) is 5.02 Å². The Morgan fingerprint density at radius 1 is 0.946 bits per heavy atom. The van der Waals surface area contributed by atoms with Gasteiger partial charge in [0.25, 0.3) is 0 Å². The molecule has 0 aliphatic rings. The predicted molar refractivity (Wildman–Crippen MR) is 150 cm³/mol. The summed E-state index contributed by atoms with van der Waals surface area (Å²) >= 11 is 6.37. The maximum absolute atomic E-state index is 12.9. The van der Waals surface area contributed by atoms with Crippen LogP contribution >= 0.6 is 11.6 Å². The molecule has 1 heterocycles. The van der Waals surface area contributed by atoms with E-state index in [0.29, 0.717) is 17.1 Å². The first-order valence-corrected chi connectivity index (χ1v) is 13.7. The van der Waals surface area contributed by atoms with Gasteiger partial charge in [-0.15, -0.1) is 0 Å². The van der Waals surface area contributed by atoms with Gasteiger partial charge in [0.05, 0.1) is 34.8 Å². The number of hydrogen-bond donors (Lipinski definition) is 2. The summed E-state index contributed by atoms with van der Waals surface area (Å²) < 4.78 is 31.4. The first-order chi connectivity index (χ1) is 17.6. The van der Waals surface area contributed by atoms with E-state index in [4.69, 9.17) is 16.3 Å². The number of nitrogens with one attached hydrogen (secondary N) is 2. The fraction of sp³-hybridized carbons (Fsp3) is 0.214. The Kier molecular flexibility index (Phi) is 7.71. The molecule has 2 N–H and O–H groups in total. The summed E-state index contributed by atoms with van der Waals surface area (Å²) in [4.78, 5) is 8.99. The number of nitrogens with zero attached hydrogens (tertiary/aromatic N) is 2. The highest BCUT2D eigenvalue weighted by atomic mass is 35.5. The summed E-state index contributed by atoms with van der Waals surface area (Å²) in [6.07, 6.45) is 1.46. The molecule has 0 fully saturated rings. The van der Waals surface area contributed by atoms with E-state index in [-0.39, 0.29) is 21.7 Å². The third-order valence-corrected chi connectivity index (χ3v) is 8.45. The summed E-state index contributed by atoms with van der Waals surface area (Å²) in [6.45, 7) is 7.37. The van der Waals surface area contributed by atoms with Gasteiger partial charge in [-0.3, -0.25) is 0 Å². The fourth-order valence-electron chi connectivity index (χ4n) is 3.83. The number of halogens is 1. The molecule has 0 bridgehead atoms. The van der Waals surface area contributed by atoms with Gasteiger partial charge in [0, 0.05) is 0 Å². The maximum atomic E-state index is 12.9. The summed E-state index contributed by atoms with van der Waals surface area (Å²) in [5.74, 6) is 1.18. The van der Waals surface area contributed by atoms with Crippen LogP contribution in [0.4, 0.5) is 23.1 Å². The zero-order valence-corrected chi connectivity index (χ0v) is 22.9. The Labute approximate surface area is 222 Å². The van der Waals surface area contributed by atoms with Crippen LogP contribution in [0.3, 0.4) is 0 Å². The number of hydrogen-bond acceptors (Lipinski definition) is 7. The molecule has 7 nitrogen and oxygen atoms in total. The Bertz CT molecular complexity index is 1540.